The van der Waals surface area contributed by atoms with Gasteiger partial charge in [-0.25, -0.2) is 0 Å². The fourth-order valence-corrected chi connectivity index (χ4v) is 2.64. The van der Waals surface area contributed by atoms with Crippen molar-refractivity contribution in [3.63, 3.8) is 0 Å². The standard InChI is InChI=1S/C17H22N2O3/c1-11(2)19-10-9-15(17(19)21)22-14-7-3-12(4-8-14)16(20)18-13-5-6-13/h3-4,7-8,11,13,15H,5-6,9-10H2,1-2H3,(H,18,20). The van der Waals surface area contributed by atoms with Gasteiger partial charge in [-0.2, -0.15) is 0 Å². The Kier molecular flexibility index (Phi) is 4.05. The molecule has 1 N–H and O–H groups in total. The topological polar surface area (TPSA) is 58.6 Å². The van der Waals surface area contributed by atoms with Crippen LogP contribution in [0.25, 0.3) is 0 Å². The van der Waals surface area contributed by atoms with Crippen LogP contribution in [0.3, 0.4) is 0 Å². The second-order valence-corrected chi connectivity index (χ2v) is 6.29. The Hall–Kier alpha value is -2.04. The summed E-state index contributed by atoms with van der Waals surface area (Å²) in [6.45, 7) is 4.75. The van der Waals surface area contributed by atoms with E-state index in [0.29, 0.717) is 23.8 Å². The molecule has 1 aliphatic carbocycles. The Morgan fingerprint density at radius 2 is 1.91 bits per heavy atom. The van der Waals surface area contributed by atoms with Gasteiger partial charge in [0.2, 0.25) is 0 Å². The smallest absolute Gasteiger partial charge is 0.263 e. The molecule has 0 radical (unpaired) electrons. The summed E-state index contributed by atoms with van der Waals surface area (Å²) in [7, 11) is 0. The predicted octanol–water partition coefficient (Wildman–Crippen LogP) is 1.97. The predicted molar refractivity (Wildman–Crippen MR) is 82.8 cm³/mol. The number of benzene rings is 1. The molecule has 5 heteroatoms. The van der Waals surface area contributed by atoms with E-state index in [-0.39, 0.29) is 17.9 Å². The number of nitrogens with one attached hydrogen (secondary N) is 1. The largest absolute Gasteiger partial charge is 0.481 e. The van der Waals surface area contributed by atoms with Crippen molar-refractivity contribution in [1.82, 2.24) is 10.2 Å². The van der Waals surface area contributed by atoms with Crippen LogP contribution >= 0.6 is 0 Å². The van der Waals surface area contributed by atoms with E-state index in [9.17, 15) is 9.59 Å². The highest BCUT2D eigenvalue weighted by molar-refractivity contribution is 5.94. The SMILES string of the molecule is CC(C)N1CCC(Oc2ccc(C(=O)NC3CC3)cc2)C1=O. The van der Waals surface area contributed by atoms with Gasteiger partial charge >= 0.3 is 0 Å². The zero-order valence-corrected chi connectivity index (χ0v) is 13.0. The van der Waals surface area contributed by atoms with Gasteiger partial charge in [0.05, 0.1) is 0 Å². The molecule has 0 spiro atoms. The summed E-state index contributed by atoms with van der Waals surface area (Å²) in [5.74, 6) is 0.634. The molecule has 2 amide bonds. The fourth-order valence-electron chi connectivity index (χ4n) is 2.64. The van der Waals surface area contributed by atoms with Gasteiger partial charge in [0.1, 0.15) is 5.75 Å². The van der Waals surface area contributed by atoms with E-state index in [2.05, 4.69) is 5.32 Å². The summed E-state index contributed by atoms with van der Waals surface area (Å²) >= 11 is 0. The molecule has 2 fully saturated rings. The first-order valence-electron chi connectivity index (χ1n) is 7.92. The molecule has 22 heavy (non-hydrogen) atoms. The number of likely N-dealkylation sites (tertiary alicyclic amines) is 1. The molecule has 5 nitrogen and oxygen atoms in total. The van der Waals surface area contributed by atoms with Gasteiger partial charge in [0, 0.05) is 30.6 Å². The lowest BCUT2D eigenvalue weighted by atomic mass is 10.2. The van der Waals surface area contributed by atoms with E-state index >= 15 is 0 Å². The Bertz CT molecular complexity index is 564. The van der Waals surface area contributed by atoms with Crippen molar-refractivity contribution in [3.8, 4) is 5.75 Å². The molecular weight excluding hydrogens is 280 g/mol. The van der Waals surface area contributed by atoms with Gasteiger partial charge in [0.15, 0.2) is 6.10 Å². The Morgan fingerprint density at radius 1 is 1.23 bits per heavy atom. The van der Waals surface area contributed by atoms with E-state index in [4.69, 9.17) is 4.74 Å². The maximum atomic E-state index is 12.2. The van der Waals surface area contributed by atoms with Crippen LogP contribution < -0.4 is 10.1 Å². The summed E-state index contributed by atoms with van der Waals surface area (Å²) in [6, 6.07) is 7.55. The first kappa shape index (κ1) is 14.9. The van der Waals surface area contributed by atoms with Gasteiger partial charge < -0.3 is 15.0 Å². The van der Waals surface area contributed by atoms with Crippen molar-refractivity contribution in [3.05, 3.63) is 29.8 Å². The molecule has 2 aliphatic rings. The van der Waals surface area contributed by atoms with E-state index < -0.39 is 6.10 Å². The second kappa shape index (κ2) is 5.99. The zero-order valence-electron chi connectivity index (χ0n) is 13.0. The highest BCUT2D eigenvalue weighted by atomic mass is 16.5. The fraction of sp³-hybridized carbons (Fsp3) is 0.529. The van der Waals surface area contributed by atoms with Crippen molar-refractivity contribution in [2.24, 2.45) is 0 Å². The number of hydrogen-bond acceptors (Lipinski definition) is 3. The normalized spacial score (nSPS) is 21.3. The van der Waals surface area contributed by atoms with Crippen molar-refractivity contribution >= 4 is 11.8 Å². The molecule has 1 saturated carbocycles. The number of amides is 2. The Labute approximate surface area is 130 Å². The average molecular weight is 302 g/mol. The van der Waals surface area contributed by atoms with Gasteiger partial charge in [-0.1, -0.05) is 0 Å². The molecular formula is C17H22N2O3. The number of nitrogens with zero attached hydrogens (tertiary/aromatic N) is 1. The number of ether oxygens (including phenoxy) is 1. The first-order chi connectivity index (χ1) is 10.5. The third-order valence-corrected chi connectivity index (χ3v) is 4.12. The summed E-state index contributed by atoms with van der Waals surface area (Å²) in [6.07, 6.45) is 2.45. The molecule has 118 valence electrons. The van der Waals surface area contributed by atoms with Crippen molar-refractivity contribution < 1.29 is 14.3 Å². The lowest BCUT2D eigenvalue weighted by Crippen LogP contribution is -2.36. The molecule has 1 unspecified atom stereocenters. The van der Waals surface area contributed by atoms with E-state index in [1.165, 1.54) is 0 Å². The maximum absolute atomic E-state index is 12.2. The van der Waals surface area contributed by atoms with E-state index in [1.807, 2.05) is 18.7 Å². The van der Waals surface area contributed by atoms with Crippen LogP contribution in [-0.4, -0.2) is 41.4 Å². The van der Waals surface area contributed by atoms with Crippen molar-refractivity contribution in [2.45, 2.75) is 51.3 Å². The van der Waals surface area contributed by atoms with Crippen LogP contribution in [0, 0.1) is 0 Å². The third-order valence-electron chi connectivity index (χ3n) is 4.12. The highest BCUT2D eigenvalue weighted by Crippen LogP contribution is 2.22. The first-order valence-corrected chi connectivity index (χ1v) is 7.92. The third kappa shape index (κ3) is 3.24. The molecule has 1 atom stereocenters. The van der Waals surface area contributed by atoms with Crippen LogP contribution in [0.2, 0.25) is 0 Å². The molecule has 1 heterocycles. The van der Waals surface area contributed by atoms with E-state index in [0.717, 1.165) is 19.4 Å². The zero-order chi connectivity index (χ0) is 15.7. The average Bonchev–Trinajstić information content (AvgIpc) is 3.23. The molecule has 3 rings (SSSR count). The summed E-state index contributed by atoms with van der Waals surface area (Å²) in [4.78, 5) is 25.9. The van der Waals surface area contributed by atoms with Crippen LogP contribution in [-0.2, 0) is 4.79 Å². The quantitative estimate of drug-likeness (QED) is 0.904. The van der Waals surface area contributed by atoms with Crippen molar-refractivity contribution in [2.75, 3.05) is 6.54 Å². The minimum Gasteiger partial charge on any atom is -0.481 e. The van der Waals surface area contributed by atoms with Gasteiger partial charge in [0.25, 0.3) is 11.8 Å². The highest BCUT2D eigenvalue weighted by Gasteiger charge is 2.34. The Balaban J connectivity index is 1.59. The number of carbonyl (C=O) groups excluding carboxylic acids is 2. The maximum Gasteiger partial charge on any atom is 0.263 e. The minimum absolute atomic E-state index is 0.0445. The van der Waals surface area contributed by atoms with Crippen LogP contribution in [0.15, 0.2) is 24.3 Å². The summed E-state index contributed by atoms with van der Waals surface area (Å²) < 4.78 is 5.77. The van der Waals surface area contributed by atoms with Crippen LogP contribution in [0.5, 0.6) is 5.75 Å². The molecule has 1 aromatic carbocycles. The van der Waals surface area contributed by atoms with Crippen molar-refractivity contribution in [1.29, 1.82) is 0 Å². The molecule has 1 saturated heterocycles. The lowest BCUT2D eigenvalue weighted by molar-refractivity contribution is -0.134. The van der Waals surface area contributed by atoms with Gasteiger partial charge in [-0.15, -0.1) is 0 Å². The Morgan fingerprint density at radius 3 is 2.45 bits per heavy atom. The minimum atomic E-state index is -0.409. The van der Waals surface area contributed by atoms with Crippen LogP contribution in [0.4, 0.5) is 0 Å². The summed E-state index contributed by atoms with van der Waals surface area (Å²) in [5.41, 5.74) is 0.626. The summed E-state index contributed by atoms with van der Waals surface area (Å²) in [5, 5.41) is 2.95. The number of rotatable bonds is 5. The van der Waals surface area contributed by atoms with Gasteiger partial charge in [-0.05, 0) is 51.0 Å². The van der Waals surface area contributed by atoms with E-state index in [1.54, 1.807) is 24.3 Å². The van der Waals surface area contributed by atoms with Crippen LogP contribution in [0.1, 0.15) is 43.5 Å². The molecule has 0 bridgehead atoms. The molecule has 0 aromatic heterocycles. The number of hydrogen-bond donors (Lipinski definition) is 1. The monoisotopic (exact) mass is 302 g/mol. The lowest BCUT2D eigenvalue weighted by Gasteiger charge is -2.21. The number of carbonyl (C=O) groups is 2. The molecule has 1 aromatic rings. The molecule has 1 aliphatic heterocycles. The van der Waals surface area contributed by atoms with Gasteiger partial charge in [-0.3, -0.25) is 9.59 Å². The second-order valence-electron chi connectivity index (χ2n) is 6.29.